The van der Waals surface area contributed by atoms with Crippen molar-refractivity contribution >= 4 is 49.2 Å². The van der Waals surface area contributed by atoms with Crippen molar-refractivity contribution in [1.29, 1.82) is 0 Å². The summed E-state index contributed by atoms with van der Waals surface area (Å²) < 4.78 is 31.4. The highest BCUT2D eigenvalue weighted by Gasteiger charge is 2.26. The number of nitrogens with two attached hydrogens (primary N) is 1. The monoisotopic (exact) mass is 349 g/mol. The molecule has 0 fully saturated rings. The van der Waals surface area contributed by atoms with E-state index >= 15 is 0 Å². The summed E-state index contributed by atoms with van der Waals surface area (Å²) in [7, 11) is -4.02. The molecule has 4 aromatic rings. The molecule has 0 atom stereocenters. The maximum atomic E-state index is 13.0. The van der Waals surface area contributed by atoms with Gasteiger partial charge in [-0.3, -0.25) is 0 Å². The van der Waals surface area contributed by atoms with Gasteiger partial charge in [0.05, 0.1) is 16.7 Å². The molecule has 0 aliphatic carbocycles. The van der Waals surface area contributed by atoms with Gasteiger partial charge in [-0.1, -0.05) is 11.6 Å². The standard InChI is InChI=1S/C13H8ClN5O3S/c14-9-3-4-11(13-12(9)17-22-18-13)23(20,21)19-10-5-8(15)2-1-7(10)6-16-19/h1-6H,15H2. The molecule has 116 valence electrons. The Bertz CT molecular complexity index is 1170. The number of aromatic nitrogens is 4. The molecule has 0 radical (unpaired) electrons. The third-order valence-corrected chi connectivity index (χ3v) is 5.33. The molecular weight excluding hydrogens is 342 g/mol. The van der Waals surface area contributed by atoms with E-state index in [1.807, 2.05) is 0 Å². The van der Waals surface area contributed by atoms with E-state index in [9.17, 15) is 8.42 Å². The Balaban J connectivity index is 2.04. The van der Waals surface area contributed by atoms with Gasteiger partial charge in [-0.25, -0.2) is 4.63 Å². The van der Waals surface area contributed by atoms with E-state index in [0.717, 1.165) is 4.09 Å². The first-order valence-electron chi connectivity index (χ1n) is 6.38. The Labute approximate surface area is 134 Å². The van der Waals surface area contributed by atoms with Crippen molar-refractivity contribution in [3.8, 4) is 0 Å². The summed E-state index contributed by atoms with van der Waals surface area (Å²) in [4.78, 5) is -0.106. The Morgan fingerprint density at radius 3 is 2.74 bits per heavy atom. The Morgan fingerprint density at radius 2 is 1.91 bits per heavy atom. The summed E-state index contributed by atoms with van der Waals surface area (Å²) in [6.45, 7) is 0. The zero-order valence-corrected chi connectivity index (χ0v) is 12.9. The minimum Gasteiger partial charge on any atom is -0.399 e. The number of nitrogens with zero attached hydrogens (tertiary/aromatic N) is 4. The van der Waals surface area contributed by atoms with E-state index in [-0.39, 0.29) is 21.0 Å². The molecule has 2 heterocycles. The highest BCUT2D eigenvalue weighted by molar-refractivity contribution is 7.90. The zero-order valence-electron chi connectivity index (χ0n) is 11.3. The summed E-state index contributed by atoms with van der Waals surface area (Å²) in [6, 6.07) is 7.65. The number of anilines is 1. The van der Waals surface area contributed by atoms with Gasteiger partial charge < -0.3 is 5.73 Å². The van der Waals surface area contributed by atoms with Crippen LogP contribution in [0.25, 0.3) is 21.9 Å². The van der Waals surface area contributed by atoms with Crippen LogP contribution in [-0.4, -0.2) is 27.9 Å². The van der Waals surface area contributed by atoms with Gasteiger partial charge in [-0.2, -0.15) is 17.6 Å². The van der Waals surface area contributed by atoms with Gasteiger partial charge in [0.1, 0.15) is 4.90 Å². The average Bonchev–Trinajstić information content (AvgIpc) is 3.13. The van der Waals surface area contributed by atoms with Crippen molar-refractivity contribution in [3.63, 3.8) is 0 Å². The first-order valence-corrected chi connectivity index (χ1v) is 8.20. The van der Waals surface area contributed by atoms with Gasteiger partial charge in [-0.05, 0) is 40.6 Å². The lowest BCUT2D eigenvalue weighted by Gasteiger charge is -2.06. The Hall–Kier alpha value is -2.65. The molecule has 0 aliphatic rings. The first-order chi connectivity index (χ1) is 11.0. The fraction of sp³-hybridized carbons (Fsp3) is 0. The average molecular weight is 350 g/mol. The van der Waals surface area contributed by atoms with Crippen LogP contribution in [0.4, 0.5) is 5.69 Å². The molecule has 0 bridgehead atoms. The number of rotatable bonds is 2. The summed E-state index contributed by atoms with van der Waals surface area (Å²) in [5.41, 5.74) is 6.75. The number of hydrogen-bond acceptors (Lipinski definition) is 7. The number of benzene rings is 2. The van der Waals surface area contributed by atoms with E-state index in [0.29, 0.717) is 16.6 Å². The first kappa shape index (κ1) is 14.0. The van der Waals surface area contributed by atoms with Crippen LogP contribution in [0.2, 0.25) is 5.02 Å². The molecule has 2 aromatic carbocycles. The van der Waals surface area contributed by atoms with Crippen molar-refractivity contribution in [3.05, 3.63) is 41.6 Å². The molecule has 23 heavy (non-hydrogen) atoms. The number of fused-ring (bicyclic) bond motifs is 2. The lowest BCUT2D eigenvalue weighted by molar-refractivity contribution is 0.315. The predicted octanol–water partition coefficient (Wildman–Crippen LogP) is 2.05. The largest absolute Gasteiger partial charge is 0.399 e. The number of halogens is 1. The van der Waals surface area contributed by atoms with Crippen LogP contribution in [0.1, 0.15) is 0 Å². The molecule has 2 N–H and O–H groups in total. The molecule has 0 spiro atoms. The second-order valence-corrected chi connectivity index (χ2v) is 6.96. The van der Waals surface area contributed by atoms with Crippen molar-refractivity contribution in [1.82, 2.24) is 19.5 Å². The van der Waals surface area contributed by atoms with E-state index in [4.69, 9.17) is 17.3 Å². The SMILES string of the molecule is Nc1ccc2cnn(S(=O)(=O)c3ccc(Cl)c4nonc34)c2c1. The molecule has 0 amide bonds. The van der Waals surface area contributed by atoms with E-state index in [1.54, 1.807) is 12.1 Å². The highest BCUT2D eigenvalue weighted by atomic mass is 35.5. The van der Waals surface area contributed by atoms with Crippen LogP contribution < -0.4 is 5.73 Å². The van der Waals surface area contributed by atoms with Gasteiger partial charge in [-0.15, -0.1) is 0 Å². The molecular formula is C13H8ClN5O3S. The predicted molar refractivity (Wildman–Crippen MR) is 83.5 cm³/mol. The zero-order chi connectivity index (χ0) is 16.2. The normalized spacial score (nSPS) is 12.2. The summed E-state index contributed by atoms with van der Waals surface area (Å²) in [6.07, 6.45) is 1.44. The smallest absolute Gasteiger partial charge is 0.285 e. The molecule has 2 aromatic heterocycles. The Kier molecular flexibility index (Phi) is 2.84. The van der Waals surface area contributed by atoms with Crippen LogP contribution in [0.5, 0.6) is 0 Å². The fourth-order valence-corrected chi connectivity index (χ4v) is 3.90. The maximum absolute atomic E-state index is 13.0. The minimum atomic E-state index is -4.02. The van der Waals surface area contributed by atoms with Crippen molar-refractivity contribution < 1.29 is 13.0 Å². The molecule has 0 saturated heterocycles. The van der Waals surface area contributed by atoms with Crippen LogP contribution >= 0.6 is 11.6 Å². The van der Waals surface area contributed by atoms with Gasteiger partial charge in [0.2, 0.25) is 0 Å². The third-order valence-electron chi connectivity index (χ3n) is 3.40. The van der Waals surface area contributed by atoms with Crippen LogP contribution in [-0.2, 0) is 10.0 Å². The van der Waals surface area contributed by atoms with Gasteiger partial charge >= 0.3 is 0 Å². The van der Waals surface area contributed by atoms with Crippen molar-refractivity contribution in [2.24, 2.45) is 0 Å². The van der Waals surface area contributed by atoms with Gasteiger partial charge in [0.15, 0.2) is 11.0 Å². The molecule has 10 heteroatoms. The highest BCUT2D eigenvalue weighted by Crippen LogP contribution is 2.29. The van der Waals surface area contributed by atoms with Crippen molar-refractivity contribution in [2.45, 2.75) is 4.90 Å². The lowest BCUT2D eigenvalue weighted by atomic mass is 10.2. The lowest BCUT2D eigenvalue weighted by Crippen LogP contribution is -2.15. The van der Waals surface area contributed by atoms with Crippen LogP contribution in [0.3, 0.4) is 0 Å². The van der Waals surface area contributed by atoms with Gasteiger partial charge in [0.25, 0.3) is 10.0 Å². The topological polar surface area (TPSA) is 117 Å². The van der Waals surface area contributed by atoms with Crippen molar-refractivity contribution in [2.75, 3.05) is 5.73 Å². The summed E-state index contributed by atoms with van der Waals surface area (Å²) in [5.74, 6) is 0. The van der Waals surface area contributed by atoms with E-state index in [2.05, 4.69) is 20.0 Å². The number of hydrogen-bond donors (Lipinski definition) is 1. The minimum absolute atomic E-state index is 0.0463. The summed E-state index contributed by atoms with van der Waals surface area (Å²) >= 11 is 5.96. The van der Waals surface area contributed by atoms with Gasteiger partial charge in [0, 0.05) is 11.1 Å². The van der Waals surface area contributed by atoms with E-state index in [1.165, 1.54) is 24.4 Å². The second-order valence-electron chi connectivity index (χ2n) is 4.82. The van der Waals surface area contributed by atoms with Crippen LogP contribution in [0, 0.1) is 0 Å². The molecule has 0 aliphatic heterocycles. The Morgan fingerprint density at radius 1 is 1.13 bits per heavy atom. The molecule has 4 rings (SSSR count). The molecule has 0 saturated carbocycles. The quantitative estimate of drug-likeness (QED) is 0.550. The maximum Gasteiger partial charge on any atom is 0.285 e. The van der Waals surface area contributed by atoms with Crippen LogP contribution in [0.15, 0.2) is 46.1 Å². The summed E-state index contributed by atoms with van der Waals surface area (Å²) in [5, 5.41) is 12.1. The molecule has 8 nitrogen and oxygen atoms in total. The second kappa shape index (κ2) is 4.67. The fourth-order valence-electron chi connectivity index (χ4n) is 2.32. The molecule has 0 unspecified atom stereocenters. The third kappa shape index (κ3) is 1.97. The van der Waals surface area contributed by atoms with E-state index < -0.39 is 10.0 Å². The number of nitrogen functional groups attached to an aromatic ring is 1.